The molecule has 0 amide bonds. The van der Waals surface area contributed by atoms with Gasteiger partial charge in [0.25, 0.3) is 0 Å². The number of hydrogen-bond donors (Lipinski definition) is 2. The Labute approximate surface area is 88.2 Å². The Morgan fingerprint density at radius 3 is 3.00 bits per heavy atom. The second-order valence-corrected chi connectivity index (χ2v) is 5.17. The molecule has 0 spiro atoms. The van der Waals surface area contributed by atoms with Gasteiger partial charge in [-0.05, 0) is 26.7 Å². The summed E-state index contributed by atoms with van der Waals surface area (Å²) >= 11 is 1.60. The predicted molar refractivity (Wildman–Crippen MR) is 57.4 cm³/mol. The molecule has 2 rings (SSSR count). The van der Waals surface area contributed by atoms with E-state index in [1.165, 1.54) is 0 Å². The highest BCUT2D eigenvalue weighted by Crippen LogP contribution is 2.30. The average molecular weight is 212 g/mol. The molecule has 4 heteroatoms. The molecule has 78 valence electrons. The zero-order valence-electron chi connectivity index (χ0n) is 8.58. The van der Waals surface area contributed by atoms with E-state index in [1.807, 2.05) is 12.3 Å². The van der Waals surface area contributed by atoms with Gasteiger partial charge in [0.1, 0.15) is 5.60 Å². The molecule has 2 unspecified atom stereocenters. The van der Waals surface area contributed by atoms with Crippen LogP contribution in [0.4, 0.5) is 0 Å². The van der Waals surface area contributed by atoms with Crippen molar-refractivity contribution in [3.63, 3.8) is 0 Å². The molecule has 0 aromatic carbocycles. The van der Waals surface area contributed by atoms with Crippen LogP contribution in [-0.4, -0.2) is 22.7 Å². The molecule has 1 aliphatic rings. The van der Waals surface area contributed by atoms with E-state index in [1.54, 1.807) is 11.3 Å². The van der Waals surface area contributed by atoms with Crippen molar-refractivity contribution in [2.75, 3.05) is 6.54 Å². The van der Waals surface area contributed by atoms with E-state index in [9.17, 15) is 5.11 Å². The Morgan fingerprint density at radius 1 is 1.71 bits per heavy atom. The van der Waals surface area contributed by atoms with Gasteiger partial charge in [-0.15, -0.1) is 11.3 Å². The fourth-order valence-corrected chi connectivity index (χ4v) is 2.49. The minimum Gasteiger partial charge on any atom is -0.382 e. The third-order valence-electron chi connectivity index (χ3n) is 2.83. The Balaban J connectivity index is 2.16. The molecule has 2 heterocycles. The average Bonchev–Trinajstić information content (AvgIpc) is 2.58. The molecule has 2 atom stereocenters. The van der Waals surface area contributed by atoms with E-state index >= 15 is 0 Å². The molecule has 0 saturated carbocycles. The van der Waals surface area contributed by atoms with Crippen molar-refractivity contribution in [2.45, 2.75) is 38.3 Å². The zero-order valence-corrected chi connectivity index (χ0v) is 9.40. The lowest BCUT2D eigenvalue weighted by atomic mass is 9.88. The molecule has 14 heavy (non-hydrogen) atoms. The van der Waals surface area contributed by atoms with Crippen LogP contribution in [0.25, 0.3) is 0 Å². The Morgan fingerprint density at radius 2 is 2.50 bits per heavy atom. The van der Waals surface area contributed by atoms with Gasteiger partial charge in [-0.2, -0.15) is 0 Å². The number of piperidine rings is 1. The topological polar surface area (TPSA) is 45.2 Å². The Hall–Kier alpha value is -0.450. The van der Waals surface area contributed by atoms with Gasteiger partial charge < -0.3 is 10.4 Å². The first-order chi connectivity index (χ1) is 6.60. The summed E-state index contributed by atoms with van der Waals surface area (Å²) in [5.41, 5.74) is 0.0940. The summed E-state index contributed by atoms with van der Waals surface area (Å²) < 4.78 is 0. The van der Waals surface area contributed by atoms with Gasteiger partial charge in [0.15, 0.2) is 0 Å². The fourth-order valence-electron chi connectivity index (χ4n) is 1.78. The Kier molecular flexibility index (Phi) is 2.60. The summed E-state index contributed by atoms with van der Waals surface area (Å²) in [7, 11) is 0. The Bertz CT molecular complexity index is 316. The quantitative estimate of drug-likeness (QED) is 0.740. The van der Waals surface area contributed by atoms with Crippen molar-refractivity contribution >= 4 is 11.3 Å². The van der Waals surface area contributed by atoms with Crippen LogP contribution in [0.2, 0.25) is 0 Å². The molecule has 0 aliphatic carbocycles. The largest absolute Gasteiger partial charge is 0.382 e. The summed E-state index contributed by atoms with van der Waals surface area (Å²) in [6.07, 6.45) is 1.82. The van der Waals surface area contributed by atoms with Crippen molar-refractivity contribution in [3.8, 4) is 0 Å². The molecule has 0 radical (unpaired) electrons. The van der Waals surface area contributed by atoms with Crippen molar-refractivity contribution in [1.29, 1.82) is 0 Å². The monoisotopic (exact) mass is 212 g/mol. The van der Waals surface area contributed by atoms with E-state index in [4.69, 9.17) is 0 Å². The van der Waals surface area contributed by atoms with Crippen LogP contribution in [0.5, 0.6) is 0 Å². The van der Waals surface area contributed by atoms with E-state index in [0.717, 1.165) is 23.5 Å². The van der Waals surface area contributed by atoms with Gasteiger partial charge in [-0.1, -0.05) is 0 Å². The van der Waals surface area contributed by atoms with E-state index in [0.29, 0.717) is 12.6 Å². The van der Waals surface area contributed by atoms with E-state index in [-0.39, 0.29) is 0 Å². The van der Waals surface area contributed by atoms with Crippen molar-refractivity contribution in [3.05, 3.63) is 16.1 Å². The molecule has 1 aliphatic heterocycles. The molecule has 0 bridgehead atoms. The van der Waals surface area contributed by atoms with Gasteiger partial charge in [0.2, 0.25) is 0 Å². The van der Waals surface area contributed by atoms with Gasteiger partial charge in [0.05, 0.1) is 10.7 Å². The predicted octanol–water partition coefficient (Wildman–Crippen LogP) is 1.41. The summed E-state index contributed by atoms with van der Waals surface area (Å²) in [6, 6.07) is 0.509. The number of aliphatic hydroxyl groups is 1. The van der Waals surface area contributed by atoms with Gasteiger partial charge in [-0.25, -0.2) is 4.98 Å². The highest BCUT2D eigenvalue weighted by atomic mass is 32.1. The number of hydrogen-bond acceptors (Lipinski definition) is 4. The SMILES string of the molecule is Cc1nc(C2(O)CCC(C)NC2)cs1. The smallest absolute Gasteiger partial charge is 0.120 e. The first-order valence-electron chi connectivity index (χ1n) is 4.98. The number of aryl methyl sites for hydroxylation is 1. The normalized spacial score (nSPS) is 33.2. The van der Waals surface area contributed by atoms with Crippen LogP contribution in [0, 0.1) is 6.92 Å². The fraction of sp³-hybridized carbons (Fsp3) is 0.700. The number of thiazole rings is 1. The van der Waals surface area contributed by atoms with Crippen LogP contribution in [-0.2, 0) is 5.60 Å². The number of β-amino-alcohol motifs (C(OH)–C–C–N with tert-alkyl or cyclic N) is 1. The molecule has 1 saturated heterocycles. The minimum atomic E-state index is -0.739. The van der Waals surface area contributed by atoms with Crippen molar-refractivity contribution in [1.82, 2.24) is 10.3 Å². The van der Waals surface area contributed by atoms with Crippen LogP contribution in [0.15, 0.2) is 5.38 Å². The van der Waals surface area contributed by atoms with E-state index in [2.05, 4.69) is 17.2 Å². The van der Waals surface area contributed by atoms with E-state index < -0.39 is 5.60 Å². The number of nitrogens with one attached hydrogen (secondary N) is 1. The molecular formula is C10H16N2OS. The highest BCUT2D eigenvalue weighted by molar-refractivity contribution is 7.09. The molecule has 1 aromatic rings. The highest BCUT2D eigenvalue weighted by Gasteiger charge is 2.35. The van der Waals surface area contributed by atoms with Crippen molar-refractivity contribution in [2.24, 2.45) is 0 Å². The summed E-state index contributed by atoms with van der Waals surface area (Å²) in [5.74, 6) is 0. The van der Waals surface area contributed by atoms with Gasteiger partial charge in [0, 0.05) is 18.0 Å². The first kappa shape index (κ1) is 10.1. The molecule has 1 fully saturated rings. The van der Waals surface area contributed by atoms with Crippen LogP contribution in [0.3, 0.4) is 0 Å². The molecule has 1 aromatic heterocycles. The second kappa shape index (κ2) is 3.61. The van der Waals surface area contributed by atoms with Gasteiger partial charge >= 0.3 is 0 Å². The van der Waals surface area contributed by atoms with Crippen LogP contribution in [0.1, 0.15) is 30.5 Å². The van der Waals surface area contributed by atoms with Crippen LogP contribution >= 0.6 is 11.3 Å². The van der Waals surface area contributed by atoms with Crippen molar-refractivity contribution < 1.29 is 5.11 Å². The molecule has 2 N–H and O–H groups in total. The first-order valence-corrected chi connectivity index (χ1v) is 5.86. The standard InChI is InChI=1S/C10H16N2OS/c1-7-3-4-10(13,6-11-7)9-5-14-8(2)12-9/h5,7,11,13H,3-4,6H2,1-2H3. The minimum absolute atomic E-state index is 0.509. The third-order valence-corrected chi connectivity index (χ3v) is 3.60. The summed E-state index contributed by atoms with van der Waals surface area (Å²) in [5, 5.41) is 16.6. The second-order valence-electron chi connectivity index (χ2n) is 4.10. The zero-order chi connectivity index (χ0) is 10.2. The lowest BCUT2D eigenvalue weighted by Gasteiger charge is -2.34. The lowest BCUT2D eigenvalue weighted by Crippen LogP contribution is -2.47. The van der Waals surface area contributed by atoms with Crippen LogP contribution < -0.4 is 5.32 Å². The lowest BCUT2D eigenvalue weighted by molar-refractivity contribution is 0.000246. The number of rotatable bonds is 1. The number of nitrogens with zero attached hydrogens (tertiary/aromatic N) is 1. The van der Waals surface area contributed by atoms with Gasteiger partial charge in [-0.3, -0.25) is 0 Å². The summed E-state index contributed by atoms with van der Waals surface area (Å²) in [4.78, 5) is 4.36. The molecular weight excluding hydrogens is 196 g/mol. The maximum atomic E-state index is 10.4. The third kappa shape index (κ3) is 1.82. The molecule has 3 nitrogen and oxygen atoms in total. The maximum absolute atomic E-state index is 10.4. The number of aromatic nitrogens is 1. The maximum Gasteiger partial charge on any atom is 0.120 e. The summed E-state index contributed by atoms with van der Waals surface area (Å²) in [6.45, 7) is 4.74.